The number of benzene rings is 1. The quantitative estimate of drug-likeness (QED) is 0.943. The second-order valence-corrected chi connectivity index (χ2v) is 5.15. The lowest BCUT2D eigenvalue weighted by molar-refractivity contribution is 0.0240. The van der Waals surface area contributed by atoms with Crippen molar-refractivity contribution in [2.45, 2.75) is 18.9 Å². The number of hydrogen-bond acceptors (Lipinski definition) is 4. The monoisotopic (exact) mass is 291 g/mol. The van der Waals surface area contributed by atoms with Gasteiger partial charge in [-0.3, -0.25) is 4.68 Å². The predicted octanol–water partition coefficient (Wildman–Crippen LogP) is 2.37. The maximum atomic E-state index is 14.2. The van der Waals surface area contributed by atoms with Gasteiger partial charge in [-0.2, -0.15) is 5.10 Å². The van der Waals surface area contributed by atoms with E-state index in [1.54, 1.807) is 29.9 Å². The molecule has 2 N–H and O–H groups in total. The van der Waals surface area contributed by atoms with E-state index in [-0.39, 0.29) is 17.7 Å². The molecule has 0 spiro atoms. The summed E-state index contributed by atoms with van der Waals surface area (Å²) in [5, 5.41) is 4.23. The van der Waals surface area contributed by atoms with Crippen LogP contribution in [0.5, 0.6) is 5.75 Å². The minimum Gasteiger partial charge on any atom is -0.487 e. The molecule has 5 nitrogen and oxygen atoms in total. The molecule has 21 heavy (non-hydrogen) atoms. The van der Waals surface area contributed by atoms with E-state index in [4.69, 9.17) is 15.2 Å². The Bertz CT molecular complexity index is 616. The molecule has 0 amide bonds. The molecule has 1 aliphatic rings. The molecule has 1 aromatic heterocycles. The van der Waals surface area contributed by atoms with Gasteiger partial charge in [0.15, 0.2) is 11.6 Å². The number of hydrogen-bond donors (Lipinski definition) is 1. The Morgan fingerprint density at radius 3 is 2.71 bits per heavy atom. The van der Waals surface area contributed by atoms with E-state index in [0.29, 0.717) is 30.3 Å². The number of anilines is 1. The van der Waals surface area contributed by atoms with Gasteiger partial charge >= 0.3 is 0 Å². The number of nitrogens with zero attached hydrogens (tertiary/aromatic N) is 2. The van der Waals surface area contributed by atoms with Gasteiger partial charge in [0.1, 0.15) is 11.9 Å². The fourth-order valence-corrected chi connectivity index (χ4v) is 2.35. The van der Waals surface area contributed by atoms with Crippen molar-refractivity contribution >= 4 is 5.82 Å². The lowest BCUT2D eigenvalue weighted by Gasteiger charge is -2.23. The molecule has 0 atom stereocenters. The maximum absolute atomic E-state index is 14.2. The minimum absolute atomic E-state index is 0.0181. The van der Waals surface area contributed by atoms with Crippen LogP contribution >= 0.6 is 0 Å². The fraction of sp³-hybridized carbons (Fsp3) is 0.400. The number of nitrogens with two attached hydrogens (primary N) is 1. The van der Waals surface area contributed by atoms with Gasteiger partial charge in [0.2, 0.25) is 0 Å². The Morgan fingerprint density at radius 1 is 1.33 bits per heavy atom. The second-order valence-electron chi connectivity index (χ2n) is 5.15. The van der Waals surface area contributed by atoms with Crippen LogP contribution in [-0.2, 0) is 11.8 Å². The predicted molar refractivity (Wildman–Crippen MR) is 77.5 cm³/mol. The average Bonchev–Trinajstić information content (AvgIpc) is 2.82. The first kappa shape index (κ1) is 13.9. The van der Waals surface area contributed by atoms with Crippen LogP contribution in [-0.4, -0.2) is 29.1 Å². The van der Waals surface area contributed by atoms with E-state index >= 15 is 0 Å². The van der Waals surface area contributed by atoms with E-state index in [1.165, 1.54) is 6.07 Å². The van der Waals surface area contributed by atoms with E-state index < -0.39 is 0 Å². The van der Waals surface area contributed by atoms with E-state index in [2.05, 4.69) is 5.10 Å². The zero-order chi connectivity index (χ0) is 14.8. The second kappa shape index (κ2) is 5.73. The molecule has 0 saturated carbocycles. The summed E-state index contributed by atoms with van der Waals surface area (Å²) in [6, 6.07) is 6.58. The third-order valence-corrected chi connectivity index (χ3v) is 3.61. The third kappa shape index (κ3) is 3.00. The van der Waals surface area contributed by atoms with Crippen molar-refractivity contribution in [3.05, 3.63) is 30.1 Å². The van der Waals surface area contributed by atoms with Gasteiger partial charge in [-0.15, -0.1) is 0 Å². The molecular formula is C15H18FN3O2. The van der Waals surface area contributed by atoms with Gasteiger partial charge < -0.3 is 15.2 Å². The van der Waals surface area contributed by atoms with Gasteiger partial charge in [0, 0.05) is 31.5 Å². The summed E-state index contributed by atoms with van der Waals surface area (Å²) >= 11 is 0. The van der Waals surface area contributed by atoms with Crippen LogP contribution in [0.3, 0.4) is 0 Å². The fourth-order valence-electron chi connectivity index (χ4n) is 2.35. The van der Waals surface area contributed by atoms with Crippen LogP contribution in [0.2, 0.25) is 0 Å². The summed E-state index contributed by atoms with van der Waals surface area (Å²) < 4.78 is 26.7. The Balaban J connectivity index is 1.79. The molecule has 0 aliphatic carbocycles. The maximum Gasteiger partial charge on any atom is 0.165 e. The molecule has 112 valence electrons. The van der Waals surface area contributed by atoms with Crippen LogP contribution in [0, 0.1) is 5.82 Å². The van der Waals surface area contributed by atoms with Crippen molar-refractivity contribution in [3.63, 3.8) is 0 Å². The van der Waals surface area contributed by atoms with Crippen LogP contribution in [0.15, 0.2) is 24.3 Å². The Hall–Kier alpha value is -2.08. The smallest absolute Gasteiger partial charge is 0.165 e. The van der Waals surface area contributed by atoms with Gasteiger partial charge in [-0.05, 0) is 18.2 Å². The molecule has 0 radical (unpaired) electrons. The topological polar surface area (TPSA) is 62.3 Å². The number of aromatic nitrogens is 2. The third-order valence-electron chi connectivity index (χ3n) is 3.61. The van der Waals surface area contributed by atoms with Crippen LogP contribution in [0.25, 0.3) is 11.3 Å². The summed E-state index contributed by atoms with van der Waals surface area (Å²) in [6.45, 7) is 1.33. The Kier molecular flexibility index (Phi) is 3.79. The zero-order valence-corrected chi connectivity index (χ0v) is 11.9. The van der Waals surface area contributed by atoms with Gasteiger partial charge in [-0.1, -0.05) is 0 Å². The molecule has 1 saturated heterocycles. The summed E-state index contributed by atoms with van der Waals surface area (Å²) in [6.07, 6.45) is 1.60. The highest BCUT2D eigenvalue weighted by Gasteiger charge is 2.17. The van der Waals surface area contributed by atoms with Gasteiger partial charge in [0.05, 0.1) is 18.9 Å². The molecule has 3 rings (SSSR count). The van der Waals surface area contributed by atoms with Crippen LogP contribution in [0.4, 0.5) is 10.2 Å². The minimum atomic E-state index is -0.386. The summed E-state index contributed by atoms with van der Waals surface area (Å²) in [5.41, 5.74) is 7.06. The molecular weight excluding hydrogens is 273 g/mol. The van der Waals surface area contributed by atoms with E-state index in [9.17, 15) is 4.39 Å². The molecule has 0 unspecified atom stereocenters. The average molecular weight is 291 g/mol. The molecule has 0 bridgehead atoms. The molecule has 2 heterocycles. The first-order valence-corrected chi connectivity index (χ1v) is 6.97. The lowest BCUT2D eigenvalue weighted by atomic mass is 10.1. The largest absolute Gasteiger partial charge is 0.487 e. The summed E-state index contributed by atoms with van der Waals surface area (Å²) in [4.78, 5) is 0. The summed E-state index contributed by atoms with van der Waals surface area (Å²) in [7, 11) is 1.75. The van der Waals surface area contributed by atoms with Crippen molar-refractivity contribution in [1.82, 2.24) is 9.78 Å². The van der Waals surface area contributed by atoms with Crippen LogP contribution in [0.1, 0.15) is 12.8 Å². The van der Waals surface area contributed by atoms with Gasteiger partial charge in [-0.25, -0.2) is 4.39 Å². The highest BCUT2D eigenvalue weighted by atomic mass is 19.1. The Labute approximate surface area is 122 Å². The molecule has 1 aromatic carbocycles. The van der Waals surface area contributed by atoms with Crippen LogP contribution < -0.4 is 10.5 Å². The lowest BCUT2D eigenvalue weighted by Crippen LogP contribution is -2.26. The number of ether oxygens (including phenoxy) is 2. The highest BCUT2D eigenvalue weighted by Crippen LogP contribution is 2.27. The number of nitrogen functional groups attached to an aromatic ring is 1. The van der Waals surface area contributed by atoms with Crippen molar-refractivity contribution in [3.8, 4) is 17.0 Å². The zero-order valence-electron chi connectivity index (χ0n) is 11.9. The molecule has 1 aliphatic heterocycles. The van der Waals surface area contributed by atoms with E-state index in [1.807, 2.05) is 0 Å². The van der Waals surface area contributed by atoms with Crippen molar-refractivity contribution in [2.24, 2.45) is 7.05 Å². The van der Waals surface area contributed by atoms with Crippen molar-refractivity contribution in [2.75, 3.05) is 18.9 Å². The number of rotatable bonds is 3. The Morgan fingerprint density at radius 2 is 2.10 bits per heavy atom. The molecule has 1 fully saturated rings. The molecule has 2 aromatic rings. The number of halogens is 1. The normalized spacial score (nSPS) is 16.1. The highest BCUT2D eigenvalue weighted by molar-refractivity contribution is 5.63. The molecule has 6 heteroatoms. The SMILES string of the molecule is Cn1nc(-c2ccc(OC3CCOCC3)c(F)c2)cc1N. The summed E-state index contributed by atoms with van der Waals surface area (Å²) in [5.74, 6) is 0.422. The van der Waals surface area contributed by atoms with Crippen molar-refractivity contribution < 1.29 is 13.9 Å². The standard InChI is InChI=1S/C15H18FN3O2/c1-19-15(17)9-13(18-19)10-2-3-14(12(16)8-10)21-11-4-6-20-7-5-11/h2-3,8-9,11H,4-7,17H2,1H3. The van der Waals surface area contributed by atoms with Crippen molar-refractivity contribution in [1.29, 1.82) is 0 Å². The van der Waals surface area contributed by atoms with E-state index in [0.717, 1.165) is 12.8 Å². The number of aryl methyl sites for hydroxylation is 1. The first-order chi connectivity index (χ1) is 10.1. The van der Waals surface area contributed by atoms with Gasteiger partial charge in [0.25, 0.3) is 0 Å². The first-order valence-electron chi connectivity index (χ1n) is 6.97.